The zero-order chi connectivity index (χ0) is 19.2. The first kappa shape index (κ1) is 21.2. The van der Waals surface area contributed by atoms with Crippen LogP contribution in [0.2, 0.25) is 0 Å². The fourth-order valence-corrected chi connectivity index (χ4v) is 5.72. The van der Waals surface area contributed by atoms with Gasteiger partial charge >= 0.3 is 0 Å². The Balaban J connectivity index is 1.37. The Morgan fingerprint density at radius 1 is 0.889 bits per heavy atom. The van der Waals surface area contributed by atoms with Crippen LogP contribution in [-0.2, 0) is 9.47 Å². The summed E-state index contributed by atoms with van der Waals surface area (Å²) in [5.41, 5.74) is 0. The van der Waals surface area contributed by atoms with E-state index in [1.807, 2.05) is 0 Å². The second kappa shape index (κ2) is 10.3. The van der Waals surface area contributed by atoms with Gasteiger partial charge in [-0.3, -0.25) is 0 Å². The summed E-state index contributed by atoms with van der Waals surface area (Å²) in [4.78, 5) is 0. The van der Waals surface area contributed by atoms with Gasteiger partial charge in [-0.15, -0.1) is 0 Å². The van der Waals surface area contributed by atoms with Crippen LogP contribution in [0.3, 0.4) is 0 Å². The molecule has 0 amide bonds. The Labute approximate surface area is 164 Å². The van der Waals surface area contributed by atoms with Crippen LogP contribution in [0.25, 0.3) is 0 Å². The van der Waals surface area contributed by atoms with E-state index in [1.165, 1.54) is 38.5 Å². The Bertz CT molecular complexity index is 453. The van der Waals surface area contributed by atoms with Gasteiger partial charge in [-0.05, 0) is 81.1 Å². The standard InChI is InChI=1S/C23H38F2O2/c1-3-4-16(2)18-9-11-20(12-10-18)23-26-14-21(15-27-23)19-7-5-17(6-8-19)13-22(24)25/h13,16-21,23H,3-12,14-15H2,1-2H3. The van der Waals surface area contributed by atoms with Crippen molar-refractivity contribution in [3.63, 3.8) is 0 Å². The summed E-state index contributed by atoms with van der Waals surface area (Å²) in [5, 5.41) is 0. The van der Waals surface area contributed by atoms with Crippen molar-refractivity contribution < 1.29 is 18.3 Å². The molecule has 27 heavy (non-hydrogen) atoms. The van der Waals surface area contributed by atoms with Gasteiger partial charge in [0.05, 0.1) is 13.2 Å². The molecule has 1 unspecified atom stereocenters. The summed E-state index contributed by atoms with van der Waals surface area (Å²) in [6.07, 6.45) is 11.2. The molecule has 1 atom stereocenters. The predicted molar refractivity (Wildman–Crippen MR) is 104 cm³/mol. The zero-order valence-corrected chi connectivity index (χ0v) is 17.2. The van der Waals surface area contributed by atoms with Gasteiger partial charge in [-0.2, -0.15) is 8.78 Å². The van der Waals surface area contributed by atoms with Gasteiger partial charge in [-0.25, -0.2) is 0 Å². The number of ether oxygens (including phenoxy) is 2. The topological polar surface area (TPSA) is 18.5 Å². The molecule has 0 aromatic rings. The van der Waals surface area contributed by atoms with E-state index >= 15 is 0 Å². The molecule has 1 saturated heterocycles. The second-order valence-electron chi connectivity index (χ2n) is 9.37. The molecule has 156 valence electrons. The Kier molecular flexibility index (Phi) is 8.13. The summed E-state index contributed by atoms with van der Waals surface area (Å²) >= 11 is 0. The summed E-state index contributed by atoms with van der Waals surface area (Å²) in [6.45, 7) is 6.28. The monoisotopic (exact) mass is 384 g/mol. The van der Waals surface area contributed by atoms with E-state index in [9.17, 15) is 8.78 Å². The summed E-state index contributed by atoms with van der Waals surface area (Å²) in [5.74, 6) is 3.38. The van der Waals surface area contributed by atoms with Gasteiger partial charge in [-0.1, -0.05) is 26.7 Å². The number of halogens is 2. The molecular formula is C23H38F2O2. The lowest BCUT2D eigenvalue weighted by Gasteiger charge is -2.41. The zero-order valence-electron chi connectivity index (χ0n) is 17.2. The highest BCUT2D eigenvalue weighted by atomic mass is 19.3. The van der Waals surface area contributed by atoms with E-state index in [4.69, 9.17) is 9.47 Å². The van der Waals surface area contributed by atoms with E-state index in [0.29, 0.717) is 17.8 Å². The fraction of sp³-hybridized carbons (Fsp3) is 0.913. The van der Waals surface area contributed by atoms with E-state index in [1.54, 1.807) is 0 Å². The molecule has 2 saturated carbocycles. The van der Waals surface area contributed by atoms with Crippen molar-refractivity contribution in [1.29, 1.82) is 0 Å². The van der Waals surface area contributed by atoms with Gasteiger partial charge in [0.2, 0.25) is 0 Å². The third-order valence-electron chi connectivity index (χ3n) is 7.54. The lowest BCUT2D eigenvalue weighted by Crippen LogP contribution is -2.41. The maximum absolute atomic E-state index is 12.4. The molecule has 4 heteroatoms. The molecule has 3 fully saturated rings. The minimum atomic E-state index is -1.52. The van der Waals surface area contributed by atoms with Crippen molar-refractivity contribution in [2.45, 2.75) is 84.3 Å². The van der Waals surface area contributed by atoms with E-state index in [0.717, 1.165) is 56.8 Å². The first-order valence-corrected chi connectivity index (χ1v) is 11.3. The van der Waals surface area contributed by atoms with Crippen molar-refractivity contribution in [3.05, 3.63) is 12.2 Å². The van der Waals surface area contributed by atoms with Gasteiger partial charge in [0.25, 0.3) is 6.08 Å². The predicted octanol–water partition coefficient (Wildman–Crippen LogP) is 6.80. The quantitative estimate of drug-likeness (QED) is 0.501. The third kappa shape index (κ3) is 6.00. The molecule has 2 nitrogen and oxygen atoms in total. The van der Waals surface area contributed by atoms with E-state index in [-0.39, 0.29) is 12.2 Å². The molecule has 0 N–H and O–H groups in total. The van der Waals surface area contributed by atoms with Gasteiger partial charge < -0.3 is 9.47 Å². The van der Waals surface area contributed by atoms with Crippen LogP contribution in [-0.4, -0.2) is 19.5 Å². The molecule has 3 aliphatic rings. The minimum absolute atomic E-state index is 0.0106. The van der Waals surface area contributed by atoms with Gasteiger partial charge in [0.1, 0.15) is 0 Å². The third-order valence-corrected chi connectivity index (χ3v) is 7.54. The van der Waals surface area contributed by atoms with Crippen LogP contribution >= 0.6 is 0 Å². The fourth-order valence-electron chi connectivity index (χ4n) is 5.72. The summed E-state index contributed by atoms with van der Waals surface area (Å²) in [6, 6.07) is 0. The number of allylic oxidation sites excluding steroid dienone is 1. The maximum Gasteiger partial charge on any atom is 0.266 e. The second-order valence-corrected chi connectivity index (χ2v) is 9.37. The lowest BCUT2D eigenvalue weighted by molar-refractivity contribution is -0.237. The molecule has 1 heterocycles. The van der Waals surface area contributed by atoms with Crippen LogP contribution in [0.1, 0.15) is 78.1 Å². The smallest absolute Gasteiger partial charge is 0.266 e. The van der Waals surface area contributed by atoms with Crippen molar-refractivity contribution in [1.82, 2.24) is 0 Å². The Morgan fingerprint density at radius 2 is 1.48 bits per heavy atom. The van der Waals surface area contributed by atoms with Crippen molar-refractivity contribution in [2.75, 3.05) is 13.2 Å². The number of hydrogen-bond donors (Lipinski definition) is 0. The number of hydrogen-bond acceptors (Lipinski definition) is 2. The molecule has 3 rings (SSSR count). The van der Waals surface area contributed by atoms with Crippen molar-refractivity contribution in [3.8, 4) is 0 Å². The van der Waals surface area contributed by atoms with Crippen LogP contribution in [0.4, 0.5) is 8.78 Å². The Morgan fingerprint density at radius 3 is 2.04 bits per heavy atom. The molecule has 0 spiro atoms. The van der Waals surface area contributed by atoms with Crippen LogP contribution < -0.4 is 0 Å². The molecule has 0 aromatic heterocycles. The summed E-state index contributed by atoms with van der Waals surface area (Å²) < 4.78 is 37.2. The van der Waals surface area contributed by atoms with Crippen LogP contribution in [0.5, 0.6) is 0 Å². The average Bonchev–Trinajstić information content (AvgIpc) is 2.69. The SMILES string of the molecule is CCCC(C)C1CCC(C2OCC(C3CCC(C=C(F)F)CC3)CO2)CC1. The Hall–Kier alpha value is -0.480. The highest BCUT2D eigenvalue weighted by molar-refractivity contribution is 4.92. The highest BCUT2D eigenvalue weighted by Gasteiger charge is 2.36. The molecule has 1 aliphatic heterocycles. The van der Waals surface area contributed by atoms with E-state index < -0.39 is 6.08 Å². The van der Waals surface area contributed by atoms with Crippen molar-refractivity contribution >= 4 is 0 Å². The normalized spacial score (nSPS) is 39.0. The van der Waals surface area contributed by atoms with Gasteiger partial charge in [0, 0.05) is 11.8 Å². The molecule has 0 bridgehead atoms. The van der Waals surface area contributed by atoms with Crippen LogP contribution in [0.15, 0.2) is 12.2 Å². The molecule has 2 aliphatic carbocycles. The summed E-state index contributed by atoms with van der Waals surface area (Å²) in [7, 11) is 0. The largest absolute Gasteiger partial charge is 0.352 e. The first-order chi connectivity index (χ1) is 13.1. The first-order valence-electron chi connectivity index (χ1n) is 11.3. The van der Waals surface area contributed by atoms with E-state index in [2.05, 4.69) is 13.8 Å². The minimum Gasteiger partial charge on any atom is -0.352 e. The maximum atomic E-state index is 12.4. The lowest BCUT2D eigenvalue weighted by atomic mass is 9.74. The number of rotatable bonds is 6. The average molecular weight is 385 g/mol. The van der Waals surface area contributed by atoms with Crippen LogP contribution in [0, 0.1) is 35.5 Å². The molecule has 0 aromatic carbocycles. The van der Waals surface area contributed by atoms with Gasteiger partial charge in [0.15, 0.2) is 6.29 Å². The van der Waals surface area contributed by atoms with Crippen molar-refractivity contribution in [2.24, 2.45) is 35.5 Å². The highest BCUT2D eigenvalue weighted by Crippen LogP contribution is 2.40. The molecular weight excluding hydrogens is 346 g/mol. The molecule has 0 radical (unpaired) electrons.